The van der Waals surface area contributed by atoms with E-state index in [1.54, 1.807) is 5.56 Å². The minimum atomic E-state index is -1.35. The zero-order valence-corrected chi connectivity index (χ0v) is 20.9. The lowest BCUT2D eigenvalue weighted by Gasteiger charge is -2.58. The molecule has 0 aliphatic heterocycles. The van der Waals surface area contributed by atoms with Crippen molar-refractivity contribution in [2.75, 3.05) is 0 Å². The van der Waals surface area contributed by atoms with Gasteiger partial charge in [-0.1, -0.05) is 51.1 Å². The highest BCUT2D eigenvalue weighted by Gasteiger charge is 2.52. The van der Waals surface area contributed by atoms with Gasteiger partial charge in [0.25, 0.3) is 0 Å². The van der Waals surface area contributed by atoms with E-state index < -0.39 is 16.2 Å². The fraction of sp³-hybridized carbons (Fsp3) is 0.615. The standard InChI is InChI=1S/C26H37BO3Si/c1-25(2,3)23-12-20-6-7-22(27(28)29-30-31(4)5)11-21(20)13-24(23)26-14-17-8-18(15-26)10-19(9-17)16-26/h6-7,11-13,17-19,28,31H,8-10,14-16H2,1-5H3. The molecule has 0 heterocycles. The summed E-state index contributed by atoms with van der Waals surface area (Å²) in [6, 6.07) is 11.1. The van der Waals surface area contributed by atoms with Gasteiger partial charge < -0.3 is 9.60 Å². The SMILES string of the molecule is C[SiH](C)OOB(O)c1ccc2cc(C(C)(C)C)c(C34CC5CC(CC(C5)C3)C4)cc2c1. The first-order chi connectivity index (χ1) is 14.6. The van der Waals surface area contributed by atoms with Crippen molar-refractivity contribution in [3.63, 3.8) is 0 Å². The Morgan fingerprint density at radius 1 is 0.935 bits per heavy atom. The van der Waals surface area contributed by atoms with E-state index in [1.165, 1.54) is 54.9 Å². The first-order valence-corrected chi connectivity index (χ1v) is 15.0. The largest absolute Gasteiger partial charge is 0.521 e. The number of hydrogen-bond acceptors (Lipinski definition) is 3. The van der Waals surface area contributed by atoms with Crippen LogP contribution in [0.2, 0.25) is 13.1 Å². The van der Waals surface area contributed by atoms with Gasteiger partial charge >= 0.3 is 7.12 Å². The van der Waals surface area contributed by atoms with E-state index in [4.69, 9.17) is 9.38 Å². The lowest BCUT2D eigenvalue weighted by Crippen LogP contribution is -2.49. The molecule has 1 N–H and O–H groups in total. The molecule has 4 saturated carbocycles. The third-order valence-electron chi connectivity index (χ3n) is 8.04. The van der Waals surface area contributed by atoms with Crippen LogP contribution in [-0.2, 0) is 20.2 Å². The van der Waals surface area contributed by atoms with E-state index in [9.17, 15) is 5.02 Å². The van der Waals surface area contributed by atoms with Gasteiger partial charge in [0.05, 0.1) is 0 Å². The van der Waals surface area contributed by atoms with E-state index in [0.717, 1.165) is 23.2 Å². The summed E-state index contributed by atoms with van der Waals surface area (Å²) in [5.41, 5.74) is 4.33. The predicted octanol–water partition coefficient (Wildman–Crippen LogP) is 5.22. The molecule has 166 valence electrons. The normalized spacial score (nSPS) is 29.8. The predicted molar refractivity (Wildman–Crippen MR) is 131 cm³/mol. The maximum absolute atomic E-state index is 10.5. The zero-order valence-electron chi connectivity index (χ0n) is 19.8. The Kier molecular flexibility index (Phi) is 5.40. The van der Waals surface area contributed by atoms with Crippen molar-refractivity contribution in [2.24, 2.45) is 17.8 Å². The highest BCUT2D eigenvalue weighted by atomic mass is 28.3. The topological polar surface area (TPSA) is 38.7 Å². The molecule has 6 rings (SSSR count). The summed E-state index contributed by atoms with van der Waals surface area (Å²) in [6.45, 7) is 11.1. The van der Waals surface area contributed by atoms with Gasteiger partial charge in [-0.2, -0.15) is 0 Å². The van der Waals surface area contributed by atoms with Crippen LogP contribution >= 0.6 is 0 Å². The molecule has 5 heteroatoms. The quantitative estimate of drug-likeness (QED) is 0.397. The Labute approximate surface area is 189 Å². The van der Waals surface area contributed by atoms with Crippen molar-refractivity contribution in [3.8, 4) is 0 Å². The van der Waals surface area contributed by atoms with Crippen molar-refractivity contribution >= 4 is 32.4 Å². The molecule has 0 aromatic heterocycles. The zero-order chi connectivity index (χ0) is 22.0. The summed E-state index contributed by atoms with van der Waals surface area (Å²) < 4.78 is 5.31. The Bertz CT molecular complexity index is 945. The Morgan fingerprint density at radius 2 is 1.55 bits per heavy atom. The molecule has 3 nitrogen and oxygen atoms in total. The van der Waals surface area contributed by atoms with Crippen molar-refractivity contribution in [1.29, 1.82) is 0 Å². The first-order valence-electron chi connectivity index (χ1n) is 12.2. The second-order valence-corrected chi connectivity index (χ2v) is 14.3. The smallest absolute Gasteiger partial charge is 0.422 e. The van der Waals surface area contributed by atoms with Crippen molar-refractivity contribution in [1.82, 2.24) is 0 Å². The third-order valence-corrected chi connectivity index (χ3v) is 8.54. The molecule has 0 saturated heterocycles. The molecular weight excluding hydrogens is 399 g/mol. The summed E-state index contributed by atoms with van der Waals surface area (Å²) in [5.74, 6) is 2.77. The molecule has 4 fully saturated rings. The third kappa shape index (κ3) is 4.03. The maximum Gasteiger partial charge on any atom is 0.521 e. The van der Waals surface area contributed by atoms with Gasteiger partial charge in [-0.3, -0.25) is 4.81 Å². The maximum atomic E-state index is 10.5. The Balaban J connectivity index is 1.59. The van der Waals surface area contributed by atoms with E-state index in [-0.39, 0.29) is 5.41 Å². The van der Waals surface area contributed by atoms with Crippen LogP contribution in [0.4, 0.5) is 0 Å². The lowest BCUT2D eigenvalue weighted by atomic mass is 9.47. The fourth-order valence-electron chi connectivity index (χ4n) is 7.19. The van der Waals surface area contributed by atoms with Crippen LogP contribution in [0.15, 0.2) is 30.3 Å². The van der Waals surface area contributed by atoms with Gasteiger partial charge in [-0.15, -0.1) is 0 Å². The number of rotatable bonds is 5. The fourth-order valence-corrected chi connectivity index (χ4v) is 7.52. The van der Waals surface area contributed by atoms with Crippen LogP contribution in [0.5, 0.6) is 0 Å². The van der Waals surface area contributed by atoms with E-state index >= 15 is 0 Å². The van der Waals surface area contributed by atoms with Gasteiger partial charge in [-0.05, 0) is 108 Å². The van der Waals surface area contributed by atoms with E-state index in [1.807, 2.05) is 19.2 Å². The average Bonchev–Trinajstić information content (AvgIpc) is 2.69. The minimum Gasteiger partial charge on any atom is -0.422 e. The molecule has 2 aromatic rings. The van der Waals surface area contributed by atoms with Crippen LogP contribution in [0.25, 0.3) is 10.8 Å². The van der Waals surface area contributed by atoms with Crippen molar-refractivity contribution in [3.05, 3.63) is 41.5 Å². The molecule has 0 unspecified atom stereocenters. The molecule has 0 radical (unpaired) electrons. The second kappa shape index (κ2) is 7.72. The van der Waals surface area contributed by atoms with Crippen LogP contribution in [0, 0.1) is 17.8 Å². The minimum absolute atomic E-state index is 0.115. The molecule has 0 amide bonds. The summed E-state index contributed by atoms with van der Waals surface area (Å²) in [7, 11) is -2.39. The van der Waals surface area contributed by atoms with Crippen LogP contribution < -0.4 is 5.46 Å². The van der Waals surface area contributed by atoms with Gasteiger partial charge in [0.2, 0.25) is 9.04 Å². The van der Waals surface area contributed by atoms with Crippen LogP contribution in [-0.4, -0.2) is 21.2 Å². The van der Waals surface area contributed by atoms with E-state index in [2.05, 4.69) is 45.0 Å². The monoisotopic (exact) mass is 436 g/mol. The molecule has 31 heavy (non-hydrogen) atoms. The summed E-state index contributed by atoms with van der Waals surface area (Å²) >= 11 is 0. The average molecular weight is 436 g/mol. The summed E-state index contributed by atoms with van der Waals surface area (Å²) in [5, 5.41) is 12.9. The van der Waals surface area contributed by atoms with E-state index in [0.29, 0.717) is 5.41 Å². The number of hydrogen-bond donors (Lipinski definition) is 1. The molecule has 4 bridgehead atoms. The molecular formula is C26H37BO3Si. The Hall–Kier alpha value is -1.14. The second-order valence-electron chi connectivity index (χ2n) is 12.0. The Morgan fingerprint density at radius 3 is 2.10 bits per heavy atom. The van der Waals surface area contributed by atoms with Crippen molar-refractivity contribution < 1.29 is 14.4 Å². The van der Waals surface area contributed by atoms with Crippen LogP contribution in [0.3, 0.4) is 0 Å². The first kappa shape index (κ1) is 21.7. The van der Waals surface area contributed by atoms with Crippen molar-refractivity contribution in [2.45, 2.75) is 83.2 Å². The van der Waals surface area contributed by atoms with Gasteiger partial charge in [-0.25, -0.2) is 0 Å². The molecule has 0 spiro atoms. The van der Waals surface area contributed by atoms with Gasteiger partial charge in [0.15, 0.2) is 0 Å². The van der Waals surface area contributed by atoms with Crippen LogP contribution in [0.1, 0.15) is 70.4 Å². The highest BCUT2D eigenvalue weighted by Crippen LogP contribution is 2.61. The number of benzene rings is 2. The number of fused-ring (bicyclic) bond motifs is 1. The highest BCUT2D eigenvalue weighted by molar-refractivity contribution is 6.60. The molecule has 4 aliphatic rings. The van der Waals surface area contributed by atoms with Gasteiger partial charge in [0.1, 0.15) is 0 Å². The molecule has 4 aliphatic carbocycles. The molecule has 0 atom stereocenters. The summed E-state index contributed by atoms with van der Waals surface area (Å²) in [6.07, 6.45) is 8.49. The summed E-state index contributed by atoms with van der Waals surface area (Å²) in [4.78, 5) is 5.26. The lowest BCUT2D eigenvalue weighted by molar-refractivity contribution is -0.121. The molecule has 2 aromatic carbocycles. The van der Waals surface area contributed by atoms with Gasteiger partial charge in [0, 0.05) is 0 Å².